The summed E-state index contributed by atoms with van der Waals surface area (Å²) in [5.74, 6) is -1.48. The first-order valence-electron chi connectivity index (χ1n) is 8.65. The summed E-state index contributed by atoms with van der Waals surface area (Å²) in [5, 5.41) is 9.09. The molecule has 0 unspecified atom stereocenters. The van der Waals surface area contributed by atoms with Gasteiger partial charge >= 0.3 is 12.1 Å². The number of alkyl halides is 3. The first-order chi connectivity index (χ1) is 13.1. The largest absolute Gasteiger partial charge is 0.478 e. The van der Waals surface area contributed by atoms with Crippen LogP contribution in [0.2, 0.25) is 0 Å². The third-order valence-corrected chi connectivity index (χ3v) is 6.56. The van der Waals surface area contributed by atoms with Crippen molar-refractivity contribution in [1.29, 1.82) is 0 Å². The van der Waals surface area contributed by atoms with Gasteiger partial charge in [0.15, 0.2) is 0 Å². The number of nitrogens with zero attached hydrogens (tertiary/aromatic N) is 1. The lowest BCUT2D eigenvalue weighted by Crippen LogP contribution is -2.35. The van der Waals surface area contributed by atoms with Gasteiger partial charge in [-0.1, -0.05) is 18.6 Å². The Balaban J connectivity index is 1.97. The Bertz CT molecular complexity index is 979. The number of benzene rings is 2. The Morgan fingerprint density at radius 2 is 1.54 bits per heavy atom. The number of halogens is 3. The molecule has 2 aromatic rings. The van der Waals surface area contributed by atoms with Crippen molar-refractivity contribution in [2.45, 2.75) is 30.3 Å². The van der Waals surface area contributed by atoms with Crippen LogP contribution in [0, 0.1) is 0 Å². The molecule has 3 rings (SSSR count). The highest BCUT2D eigenvalue weighted by atomic mass is 32.2. The average molecular weight is 413 g/mol. The van der Waals surface area contributed by atoms with E-state index in [4.69, 9.17) is 5.11 Å². The molecule has 1 saturated heterocycles. The summed E-state index contributed by atoms with van der Waals surface area (Å²) in [6, 6.07) is 7.99. The normalized spacial score (nSPS) is 16.1. The van der Waals surface area contributed by atoms with Gasteiger partial charge in [0, 0.05) is 13.1 Å². The molecule has 1 aliphatic rings. The molecule has 0 bridgehead atoms. The zero-order valence-corrected chi connectivity index (χ0v) is 15.6. The van der Waals surface area contributed by atoms with Gasteiger partial charge in [0.1, 0.15) is 0 Å². The lowest BCUT2D eigenvalue weighted by molar-refractivity contribution is -0.137. The maximum Gasteiger partial charge on any atom is 0.416 e. The molecule has 1 heterocycles. The van der Waals surface area contributed by atoms with Crippen LogP contribution < -0.4 is 0 Å². The van der Waals surface area contributed by atoms with Gasteiger partial charge in [-0.25, -0.2) is 13.2 Å². The summed E-state index contributed by atoms with van der Waals surface area (Å²) < 4.78 is 66.0. The zero-order valence-electron chi connectivity index (χ0n) is 14.7. The zero-order chi connectivity index (χ0) is 20.5. The molecule has 0 amide bonds. The Hall–Kier alpha value is -2.39. The van der Waals surface area contributed by atoms with E-state index >= 15 is 0 Å². The Kier molecular flexibility index (Phi) is 5.49. The number of sulfonamides is 1. The van der Waals surface area contributed by atoms with Crippen molar-refractivity contribution in [3.63, 3.8) is 0 Å². The molecule has 0 aromatic heterocycles. The Morgan fingerprint density at radius 3 is 2.07 bits per heavy atom. The van der Waals surface area contributed by atoms with Gasteiger partial charge in [0.2, 0.25) is 10.0 Å². The van der Waals surface area contributed by atoms with Crippen LogP contribution in [0.3, 0.4) is 0 Å². The molecule has 0 atom stereocenters. The molecule has 0 radical (unpaired) electrons. The minimum Gasteiger partial charge on any atom is -0.478 e. The summed E-state index contributed by atoms with van der Waals surface area (Å²) in [5.41, 5.74) is -1.22. The molecule has 1 aliphatic heterocycles. The fourth-order valence-electron chi connectivity index (χ4n) is 3.16. The summed E-state index contributed by atoms with van der Waals surface area (Å²) in [4.78, 5) is 11.2. The van der Waals surface area contributed by atoms with Crippen LogP contribution in [-0.2, 0) is 16.2 Å². The maximum atomic E-state index is 13.1. The molecule has 0 saturated carbocycles. The highest BCUT2D eigenvalue weighted by molar-refractivity contribution is 7.89. The highest BCUT2D eigenvalue weighted by Crippen LogP contribution is 2.34. The molecule has 1 N–H and O–H groups in total. The quantitative estimate of drug-likeness (QED) is 0.813. The molecule has 5 nitrogen and oxygen atoms in total. The van der Waals surface area contributed by atoms with E-state index in [1.54, 1.807) is 0 Å². The van der Waals surface area contributed by atoms with E-state index in [1.807, 2.05) is 0 Å². The molecule has 2 aromatic carbocycles. The van der Waals surface area contributed by atoms with E-state index in [2.05, 4.69) is 0 Å². The molecular weight excluding hydrogens is 395 g/mol. The minimum atomic E-state index is -4.70. The molecule has 28 heavy (non-hydrogen) atoms. The Labute approximate surface area is 160 Å². The van der Waals surface area contributed by atoms with Crippen LogP contribution in [0.15, 0.2) is 47.4 Å². The van der Waals surface area contributed by atoms with E-state index in [1.165, 1.54) is 28.6 Å². The van der Waals surface area contributed by atoms with Crippen LogP contribution in [0.5, 0.6) is 0 Å². The number of piperidine rings is 1. The lowest BCUT2D eigenvalue weighted by Gasteiger charge is -2.25. The third kappa shape index (κ3) is 4.20. The summed E-state index contributed by atoms with van der Waals surface area (Å²) in [7, 11) is -3.65. The van der Waals surface area contributed by atoms with Crippen molar-refractivity contribution in [2.24, 2.45) is 0 Å². The van der Waals surface area contributed by atoms with Crippen LogP contribution in [0.25, 0.3) is 11.1 Å². The monoisotopic (exact) mass is 413 g/mol. The number of hydrogen-bond acceptors (Lipinski definition) is 3. The van der Waals surface area contributed by atoms with E-state index in [0.717, 1.165) is 31.4 Å². The molecule has 9 heteroatoms. The van der Waals surface area contributed by atoms with Crippen LogP contribution in [0.1, 0.15) is 35.2 Å². The van der Waals surface area contributed by atoms with E-state index < -0.39 is 33.3 Å². The fraction of sp³-hybridized carbons (Fsp3) is 0.316. The third-order valence-electron chi connectivity index (χ3n) is 4.65. The standard InChI is InChI=1S/C19H18F3NO4S/c20-19(21,22)16-11-14(10-15(12-16)18(24)25)13-4-6-17(7-5-13)28(26,27)23-8-2-1-3-9-23/h4-7,10-12H,1-3,8-9H2,(H,24,25). The topological polar surface area (TPSA) is 74.7 Å². The number of rotatable bonds is 4. The smallest absolute Gasteiger partial charge is 0.416 e. The van der Waals surface area contributed by atoms with Gasteiger partial charge < -0.3 is 5.11 Å². The molecule has 1 fully saturated rings. The van der Waals surface area contributed by atoms with E-state index in [9.17, 15) is 26.4 Å². The fourth-order valence-corrected chi connectivity index (χ4v) is 4.67. The number of hydrogen-bond donors (Lipinski definition) is 1. The van der Waals surface area contributed by atoms with Crippen molar-refractivity contribution < 1.29 is 31.5 Å². The van der Waals surface area contributed by atoms with Crippen molar-refractivity contribution in [1.82, 2.24) is 4.31 Å². The molecule has 150 valence electrons. The van der Waals surface area contributed by atoms with Gasteiger partial charge in [-0.3, -0.25) is 0 Å². The maximum absolute atomic E-state index is 13.1. The van der Waals surface area contributed by atoms with Gasteiger partial charge in [0.05, 0.1) is 16.0 Å². The molecule has 0 spiro atoms. The van der Waals surface area contributed by atoms with Gasteiger partial charge in [-0.15, -0.1) is 0 Å². The number of carboxylic acids is 1. The second kappa shape index (κ2) is 7.56. The van der Waals surface area contributed by atoms with Crippen molar-refractivity contribution >= 4 is 16.0 Å². The average Bonchev–Trinajstić information content (AvgIpc) is 2.67. The number of aromatic carboxylic acids is 1. The first kappa shape index (κ1) is 20.3. The summed E-state index contributed by atoms with van der Waals surface area (Å²) in [6.07, 6.45) is -2.14. The molecule has 0 aliphatic carbocycles. The van der Waals surface area contributed by atoms with Crippen LogP contribution >= 0.6 is 0 Å². The first-order valence-corrected chi connectivity index (χ1v) is 10.1. The van der Waals surface area contributed by atoms with E-state index in [-0.39, 0.29) is 10.5 Å². The highest BCUT2D eigenvalue weighted by Gasteiger charge is 2.32. The van der Waals surface area contributed by atoms with Crippen molar-refractivity contribution in [3.05, 3.63) is 53.6 Å². The molecular formula is C19H18F3NO4S. The number of carboxylic acid groups (broad SMARTS) is 1. The van der Waals surface area contributed by atoms with Crippen molar-refractivity contribution in [3.8, 4) is 11.1 Å². The second-order valence-corrected chi connectivity index (χ2v) is 8.53. The van der Waals surface area contributed by atoms with Crippen molar-refractivity contribution in [2.75, 3.05) is 13.1 Å². The predicted molar refractivity (Wildman–Crippen MR) is 96.4 cm³/mol. The second-order valence-electron chi connectivity index (χ2n) is 6.59. The number of carbonyl (C=O) groups is 1. The predicted octanol–water partition coefficient (Wildman–Crippen LogP) is 4.25. The SMILES string of the molecule is O=C(O)c1cc(-c2ccc(S(=O)(=O)N3CCCCC3)cc2)cc(C(F)(F)F)c1. The van der Waals surface area contributed by atoms with Gasteiger partial charge in [-0.2, -0.15) is 17.5 Å². The van der Waals surface area contributed by atoms with Crippen LogP contribution in [-0.4, -0.2) is 36.9 Å². The lowest BCUT2D eigenvalue weighted by atomic mass is 9.99. The van der Waals surface area contributed by atoms with Crippen LogP contribution in [0.4, 0.5) is 13.2 Å². The minimum absolute atomic E-state index is 0.0501. The van der Waals surface area contributed by atoms with E-state index in [0.29, 0.717) is 24.7 Å². The summed E-state index contributed by atoms with van der Waals surface area (Å²) >= 11 is 0. The Morgan fingerprint density at radius 1 is 0.929 bits per heavy atom. The van der Waals surface area contributed by atoms with Gasteiger partial charge in [-0.05, 0) is 54.3 Å². The van der Waals surface area contributed by atoms with Gasteiger partial charge in [0.25, 0.3) is 0 Å². The summed E-state index contributed by atoms with van der Waals surface area (Å²) in [6.45, 7) is 0.888.